The average molecular weight is 262 g/mol. The fourth-order valence-corrected chi connectivity index (χ4v) is 1.97. The van der Waals surface area contributed by atoms with Crippen LogP contribution in [0, 0.1) is 5.82 Å². The molecule has 1 rings (SSSR count). The highest BCUT2D eigenvalue weighted by Crippen LogP contribution is 2.32. The highest BCUT2D eigenvalue weighted by Gasteiger charge is 2.17. The predicted octanol–water partition coefficient (Wildman–Crippen LogP) is 2.66. The van der Waals surface area contributed by atoms with Crippen LogP contribution in [0.2, 0.25) is 0 Å². The highest BCUT2D eigenvalue weighted by molar-refractivity contribution is 9.10. The smallest absolute Gasteiger partial charge is 0.169 e. The van der Waals surface area contributed by atoms with Gasteiger partial charge in [-0.2, -0.15) is 0 Å². The Kier molecular flexibility index (Phi) is 3.89. The van der Waals surface area contributed by atoms with E-state index in [1.54, 1.807) is 12.1 Å². The van der Waals surface area contributed by atoms with Crippen molar-refractivity contribution in [3.05, 3.63) is 28.0 Å². The van der Waals surface area contributed by atoms with Gasteiger partial charge in [0.1, 0.15) is 0 Å². The number of rotatable bonds is 3. The molecule has 1 unspecified atom stereocenters. The minimum Gasteiger partial charge on any atom is -0.494 e. The number of ether oxygens (including phenoxy) is 1. The second-order valence-corrected chi connectivity index (χ2v) is 3.97. The van der Waals surface area contributed by atoms with Crippen molar-refractivity contribution in [1.82, 2.24) is 0 Å². The van der Waals surface area contributed by atoms with Gasteiger partial charge in [0, 0.05) is 10.0 Å². The molecule has 0 saturated carbocycles. The Bertz CT molecular complexity index is 330. The molecule has 0 aliphatic rings. The first-order chi connectivity index (χ1) is 6.61. The van der Waals surface area contributed by atoms with Crippen molar-refractivity contribution in [1.29, 1.82) is 0 Å². The summed E-state index contributed by atoms with van der Waals surface area (Å²) in [5, 5.41) is 0. The van der Waals surface area contributed by atoms with E-state index >= 15 is 0 Å². The standard InChI is InChI=1S/C10H13BrFNO/c1-6(5-13)9-7(11)3-4-8(14-2)10(9)12/h3-4,6H,5,13H2,1-2H3. The number of halogens is 2. The van der Waals surface area contributed by atoms with Crippen LogP contribution in [0.3, 0.4) is 0 Å². The normalized spacial score (nSPS) is 12.6. The van der Waals surface area contributed by atoms with Crippen molar-refractivity contribution in [2.75, 3.05) is 13.7 Å². The molecule has 0 radical (unpaired) electrons. The van der Waals surface area contributed by atoms with Gasteiger partial charge in [0.15, 0.2) is 11.6 Å². The van der Waals surface area contributed by atoms with Crippen LogP contribution < -0.4 is 10.5 Å². The van der Waals surface area contributed by atoms with Gasteiger partial charge >= 0.3 is 0 Å². The van der Waals surface area contributed by atoms with E-state index in [0.29, 0.717) is 12.1 Å². The highest BCUT2D eigenvalue weighted by atomic mass is 79.9. The molecule has 78 valence electrons. The van der Waals surface area contributed by atoms with Crippen LogP contribution >= 0.6 is 15.9 Å². The molecule has 1 aromatic rings. The summed E-state index contributed by atoms with van der Waals surface area (Å²) in [6.45, 7) is 2.28. The molecule has 0 fully saturated rings. The molecule has 0 aromatic heterocycles. The summed E-state index contributed by atoms with van der Waals surface area (Å²) in [6.07, 6.45) is 0. The van der Waals surface area contributed by atoms with E-state index in [9.17, 15) is 4.39 Å². The summed E-state index contributed by atoms with van der Waals surface area (Å²) < 4.78 is 19.4. The van der Waals surface area contributed by atoms with Crippen LogP contribution in [0.1, 0.15) is 18.4 Å². The largest absolute Gasteiger partial charge is 0.494 e. The van der Waals surface area contributed by atoms with Gasteiger partial charge < -0.3 is 10.5 Å². The Hall–Kier alpha value is -0.610. The molecular formula is C10H13BrFNO. The summed E-state index contributed by atoms with van der Waals surface area (Å²) in [5.41, 5.74) is 6.08. The number of methoxy groups -OCH3 is 1. The summed E-state index contributed by atoms with van der Waals surface area (Å²) in [4.78, 5) is 0. The van der Waals surface area contributed by atoms with Gasteiger partial charge in [-0.3, -0.25) is 0 Å². The SMILES string of the molecule is COc1ccc(Br)c(C(C)CN)c1F. The molecule has 0 heterocycles. The lowest BCUT2D eigenvalue weighted by molar-refractivity contribution is 0.382. The van der Waals surface area contributed by atoms with Gasteiger partial charge in [-0.05, 0) is 24.6 Å². The van der Waals surface area contributed by atoms with Crippen LogP contribution in [0.25, 0.3) is 0 Å². The Balaban J connectivity index is 3.25. The fourth-order valence-electron chi connectivity index (χ4n) is 1.28. The van der Waals surface area contributed by atoms with E-state index in [1.807, 2.05) is 6.92 Å². The summed E-state index contributed by atoms with van der Waals surface area (Å²) in [6, 6.07) is 3.36. The van der Waals surface area contributed by atoms with Crippen LogP contribution in [0.5, 0.6) is 5.75 Å². The van der Waals surface area contributed by atoms with E-state index < -0.39 is 0 Å². The van der Waals surface area contributed by atoms with Crippen LogP contribution in [-0.4, -0.2) is 13.7 Å². The third kappa shape index (κ3) is 2.07. The topological polar surface area (TPSA) is 35.2 Å². The van der Waals surface area contributed by atoms with Gasteiger partial charge in [0.05, 0.1) is 7.11 Å². The minimum atomic E-state index is -0.333. The molecular weight excluding hydrogens is 249 g/mol. The second kappa shape index (κ2) is 4.75. The molecule has 0 saturated heterocycles. The second-order valence-electron chi connectivity index (χ2n) is 3.11. The molecule has 0 aliphatic carbocycles. The zero-order valence-electron chi connectivity index (χ0n) is 8.18. The lowest BCUT2D eigenvalue weighted by atomic mass is 10.0. The molecule has 1 atom stereocenters. The minimum absolute atomic E-state index is 0.0283. The fraction of sp³-hybridized carbons (Fsp3) is 0.400. The molecule has 4 heteroatoms. The maximum atomic E-state index is 13.8. The van der Waals surface area contributed by atoms with E-state index in [0.717, 1.165) is 4.47 Å². The number of benzene rings is 1. The summed E-state index contributed by atoms with van der Waals surface area (Å²) in [7, 11) is 1.45. The maximum absolute atomic E-state index is 13.8. The van der Waals surface area contributed by atoms with Crippen molar-refractivity contribution in [3.8, 4) is 5.75 Å². The Labute approximate surface area is 91.4 Å². The first-order valence-corrected chi connectivity index (χ1v) is 5.13. The monoisotopic (exact) mass is 261 g/mol. The van der Waals surface area contributed by atoms with Crippen molar-refractivity contribution < 1.29 is 9.13 Å². The van der Waals surface area contributed by atoms with Crippen LogP contribution in [-0.2, 0) is 0 Å². The van der Waals surface area contributed by atoms with Gasteiger partial charge in [-0.25, -0.2) is 4.39 Å². The molecule has 0 aliphatic heterocycles. The average Bonchev–Trinajstić information content (AvgIpc) is 2.18. The first kappa shape index (κ1) is 11.5. The lowest BCUT2D eigenvalue weighted by Gasteiger charge is -2.14. The molecule has 0 amide bonds. The van der Waals surface area contributed by atoms with E-state index in [1.165, 1.54) is 7.11 Å². The summed E-state index contributed by atoms with van der Waals surface area (Å²) in [5.74, 6) is -0.109. The van der Waals surface area contributed by atoms with Crippen LogP contribution in [0.4, 0.5) is 4.39 Å². The van der Waals surface area contributed by atoms with E-state index in [2.05, 4.69) is 15.9 Å². The van der Waals surface area contributed by atoms with Gasteiger partial charge in [-0.1, -0.05) is 22.9 Å². The van der Waals surface area contributed by atoms with E-state index in [-0.39, 0.29) is 17.5 Å². The van der Waals surface area contributed by atoms with Crippen molar-refractivity contribution in [2.45, 2.75) is 12.8 Å². The van der Waals surface area contributed by atoms with Crippen molar-refractivity contribution in [2.24, 2.45) is 5.73 Å². The van der Waals surface area contributed by atoms with Crippen LogP contribution in [0.15, 0.2) is 16.6 Å². The zero-order valence-corrected chi connectivity index (χ0v) is 9.77. The Morgan fingerprint density at radius 2 is 2.21 bits per heavy atom. The molecule has 2 N–H and O–H groups in total. The predicted molar refractivity (Wildman–Crippen MR) is 58.1 cm³/mol. The number of hydrogen-bond donors (Lipinski definition) is 1. The molecule has 0 spiro atoms. The lowest BCUT2D eigenvalue weighted by Crippen LogP contribution is -2.11. The third-order valence-electron chi connectivity index (χ3n) is 2.16. The van der Waals surface area contributed by atoms with Gasteiger partial charge in [0.25, 0.3) is 0 Å². The molecule has 0 bridgehead atoms. The molecule has 2 nitrogen and oxygen atoms in total. The number of nitrogens with two attached hydrogens (primary N) is 1. The summed E-state index contributed by atoms with van der Waals surface area (Å²) >= 11 is 3.30. The van der Waals surface area contributed by atoms with Gasteiger partial charge in [0.2, 0.25) is 0 Å². The number of hydrogen-bond acceptors (Lipinski definition) is 2. The first-order valence-electron chi connectivity index (χ1n) is 4.33. The van der Waals surface area contributed by atoms with Crippen molar-refractivity contribution >= 4 is 15.9 Å². The molecule has 14 heavy (non-hydrogen) atoms. The zero-order chi connectivity index (χ0) is 10.7. The van der Waals surface area contributed by atoms with Gasteiger partial charge in [-0.15, -0.1) is 0 Å². The quantitative estimate of drug-likeness (QED) is 0.908. The Morgan fingerprint density at radius 3 is 2.71 bits per heavy atom. The van der Waals surface area contributed by atoms with Crippen molar-refractivity contribution in [3.63, 3.8) is 0 Å². The maximum Gasteiger partial charge on any atom is 0.169 e. The molecule has 1 aromatic carbocycles. The Morgan fingerprint density at radius 1 is 1.57 bits per heavy atom. The van der Waals surface area contributed by atoms with E-state index in [4.69, 9.17) is 10.5 Å². The third-order valence-corrected chi connectivity index (χ3v) is 2.85.